The van der Waals surface area contributed by atoms with E-state index in [1.807, 2.05) is 13.2 Å². The fourth-order valence-corrected chi connectivity index (χ4v) is 1.14. The standard InChI is InChI=1S/C9H14N4/c1-3-4-11-9(5-10)8-6-12-13(2)7-8/h1,6-7,9,11H,4-5,10H2,2H3. The SMILES string of the molecule is C#CCNC(CN)c1cnn(C)c1. The van der Waals surface area contributed by atoms with Crippen molar-refractivity contribution >= 4 is 0 Å². The lowest BCUT2D eigenvalue weighted by atomic mass is 10.1. The van der Waals surface area contributed by atoms with Gasteiger partial charge in [0.2, 0.25) is 0 Å². The Hall–Kier alpha value is -1.31. The van der Waals surface area contributed by atoms with Gasteiger partial charge in [-0.05, 0) is 0 Å². The summed E-state index contributed by atoms with van der Waals surface area (Å²) in [5.74, 6) is 2.52. The number of hydrogen-bond donors (Lipinski definition) is 2. The van der Waals surface area contributed by atoms with Crippen LogP contribution in [0.5, 0.6) is 0 Å². The Morgan fingerprint density at radius 3 is 3.08 bits per heavy atom. The molecule has 4 nitrogen and oxygen atoms in total. The smallest absolute Gasteiger partial charge is 0.0579 e. The fourth-order valence-electron chi connectivity index (χ4n) is 1.14. The van der Waals surface area contributed by atoms with Crippen molar-refractivity contribution in [1.29, 1.82) is 0 Å². The van der Waals surface area contributed by atoms with Crippen molar-refractivity contribution in [2.45, 2.75) is 6.04 Å². The number of aryl methyl sites for hydroxylation is 1. The number of nitrogens with zero attached hydrogens (tertiary/aromatic N) is 2. The van der Waals surface area contributed by atoms with Gasteiger partial charge in [0, 0.05) is 31.4 Å². The van der Waals surface area contributed by atoms with Crippen molar-refractivity contribution in [2.75, 3.05) is 13.1 Å². The third-order valence-electron chi connectivity index (χ3n) is 1.81. The van der Waals surface area contributed by atoms with Crippen LogP contribution in [0.2, 0.25) is 0 Å². The molecule has 1 aromatic heterocycles. The quantitative estimate of drug-likeness (QED) is 0.619. The Labute approximate surface area is 78.1 Å². The van der Waals surface area contributed by atoms with Crippen molar-refractivity contribution < 1.29 is 0 Å². The zero-order valence-corrected chi connectivity index (χ0v) is 7.70. The first kappa shape index (κ1) is 9.78. The van der Waals surface area contributed by atoms with E-state index in [0.717, 1.165) is 5.56 Å². The number of aromatic nitrogens is 2. The van der Waals surface area contributed by atoms with Gasteiger partial charge in [-0.3, -0.25) is 10.00 Å². The van der Waals surface area contributed by atoms with Crippen LogP contribution >= 0.6 is 0 Å². The molecule has 0 aromatic carbocycles. The Bertz CT molecular complexity index is 297. The van der Waals surface area contributed by atoms with E-state index < -0.39 is 0 Å². The third kappa shape index (κ3) is 2.58. The molecule has 1 aromatic rings. The van der Waals surface area contributed by atoms with Gasteiger partial charge >= 0.3 is 0 Å². The van der Waals surface area contributed by atoms with E-state index in [4.69, 9.17) is 12.2 Å². The minimum Gasteiger partial charge on any atom is -0.329 e. The molecule has 4 heteroatoms. The molecule has 70 valence electrons. The lowest BCUT2D eigenvalue weighted by molar-refractivity contribution is 0.581. The van der Waals surface area contributed by atoms with Gasteiger partial charge in [0.25, 0.3) is 0 Å². The van der Waals surface area contributed by atoms with Gasteiger partial charge in [-0.1, -0.05) is 5.92 Å². The van der Waals surface area contributed by atoms with Crippen molar-refractivity contribution in [3.63, 3.8) is 0 Å². The second-order valence-electron chi connectivity index (χ2n) is 2.82. The summed E-state index contributed by atoms with van der Waals surface area (Å²) < 4.78 is 1.75. The lowest BCUT2D eigenvalue weighted by Crippen LogP contribution is -2.28. The molecule has 1 rings (SSSR count). The molecule has 0 radical (unpaired) electrons. The van der Waals surface area contributed by atoms with Crippen LogP contribution in [0.15, 0.2) is 12.4 Å². The molecule has 3 N–H and O–H groups in total. The maximum Gasteiger partial charge on any atom is 0.0579 e. The summed E-state index contributed by atoms with van der Waals surface area (Å²) in [6.07, 6.45) is 8.86. The summed E-state index contributed by atoms with van der Waals surface area (Å²) in [6.45, 7) is 1.05. The molecular weight excluding hydrogens is 164 g/mol. The third-order valence-corrected chi connectivity index (χ3v) is 1.81. The van der Waals surface area contributed by atoms with Gasteiger partial charge in [-0.2, -0.15) is 5.10 Å². The van der Waals surface area contributed by atoms with Gasteiger partial charge in [-0.15, -0.1) is 6.42 Å². The summed E-state index contributed by atoms with van der Waals surface area (Å²) in [6, 6.07) is 0.102. The monoisotopic (exact) mass is 178 g/mol. The molecule has 0 saturated heterocycles. The summed E-state index contributed by atoms with van der Waals surface area (Å²) in [5, 5.41) is 7.20. The summed E-state index contributed by atoms with van der Waals surface area (Å²) >= 11 is 0. The van der Waals surface area contributed by atoms with E-state index in [1.165, 1.54) is 0 Å². The van der Waals surface area contributed by atoms with Crippen LogP contribution in [0, 0.1) is 12.3 Å². The Kier molecular flexibility index (Phi) is 3.50. The predicted octanol–water partition coefficient (Wildman–Crippen LogP) is -0.357. The number of nitrogens with two attached hydrogens (primary N) is 1. The van der Waals surface area contributed by atoms with Crippen molar-refractivity contribution in [1.82, 2.24) is 15.1 Å². The van der Waals surface area contributed by atoms with E-state index in [9.17, 15) is 0 Å². The molecular formula is C9H14N4. The van der Waals surface area contributed by atoms with E-state index in [1.54, 1.807) is 10.9 Å². The maximum absolute atomic E-state index is 5.59. The molecule has 0 aliphatic carbocycles. The van der Waals surface area contributed by atoms with Gasteiger partial charge in [0.1, 0.15) is 0 Å². The van der Waals surface area contributed by atoms with Crippen LogP contribution in [-0.2, 0) is 7.05 Å². The highest BCUT2D eigenvalue weighted by molar-refractivity contribution is 5.11. The summed E-state index contributed by atoms with van der Waals surface area (Å²) in [7, 11) is 1.87. The van der Waals surface area contributed by atoms with Gasteiger partial charge in [-0.25, -0.2) is 0 Å². The largest absolute Gasteiger partial charge is 0.329 e. The number of nitrogens with one attached hydrogen (secondary N) is 1. The van der Waals surface area contributed by atoms with E-state index in [2.05, 4.69) is 16.3 Å². The average Bonchev–Trinajstić information content (AvgIpc) is 2.54. The number of terminal acetylenes is 1. The Morgan fingerprint density at radius 2 is 2.62 bits per heavy atom. The van der Waals surface area contributed by atoms with Gasteiger partial charge in [0.05, 0.1) is 12.7 Å². The fraction of sp³-hybridized carbons (Fsp3) is 0.444. The molecule has 13 heavy (non-hydrogen) atoms. The highest BCUT2D eigenvalue weighted by Gasteiger charge is 2.09. The Balaban J connectivity index is 2.62. The second kappa shape index (κ2) is 4.65. The minimum absolute atomic E-state index is 0.102. The van der Waals surface area contributed by atoms with Crippen LogP contribution < -0.4 is 11.1 Å². The summed E-state index contributed by atoms with van der Waals surface area (Å²) in [5.41, 5.74) is 6.66. The van der Waals surface area contributed by atoms with Gasteiger partial charge < -0.3 is 5.73 Å². The number of rotatable bonds is 4. The van der Waals surface area contributed by atoms with Crippen LogP contribution in [0.1, 0.15) is 11.6 Å². The van der Waals surface area contributed by atoms with Crippen molar-refractivity contribution in [3.8, 4) is 12.3 Å². The molecule has 0 saturated carbocycles. The number of hydrogen-bond acceptors (Lipinski definition) is 3. The second-order valence-corrected chi connectivity index (χ2v) is 2.82. The molecule has 0 spiro atoms. The lowest BCUT2D eigenvalue weighted by Gasteiger charge is -2.12. The summed E-state index contributed by atoms with van der Waals surface area (Å²) in [4.78, 5) is 0. The maximum atomic E-state index is 5.59. The van der Waals surface area contributed by atoms with Crippen molar-refractivity contribution in [3.05, 3.63) is 18.0 Å². The predicted molar refractivity (Wildman–Crippen MR) is 51.8 cm³/mol. The highest BCUT2D eigenvalue weighted by atomic mass is 15.2. The van der Waals surface area contributed by atoms with E-state index in [-0.39, 0.29) is 6.04 Å². The first-order chi connectivity index (χ1) is 6.27. The zero-order valence-electron chi connectivity index (χ0n) is 7.70. The first-order valence-corrected chi connectivity index (χ1v) is 4.13. The van der Waals surface area contributed by atoms with E-state index >= 15 is 0 Å². The zero-order chi connectivity index (χ0) is 9.68. The minimum atomic E-state index is 0.102. The molecule has 0 amide bonds. The molecule has 0 aliphatic heterocycles. The average molecular weight is 178 g/mol. The molecule has 0 bridgehead atoms. The normalized spacial score (nSPS) is 12.4. The Morgan fingerprint density at radius 1 is 1.85 bits per heavy atom. The molecule has 1 unspecified atom stereocenters. The molecule has 1 atom stereocenters. The van der Waals surface area contributed by atoms with Crippen LogP contribution in [0.4, 0.5) is 0 Å². The van der Waals surface area contributed by atoms with E-state index in [0.29, 0.717) is 13.1 Å². The van der Waals surface area contributed by atoms with Crippen LogP contribution in [-0.4, -0.2) is 22.9 Å². The van der Waals surface area contributed by atoms with Crippen LogP contribution in [0.25, 0.3) is 0 Å². The molecule has 0 aliphatic rings. The topological polar surface area (TPSA) is 55.9 Å². The van der Waals surface area contributed by atoms with Gasteiger partial charge in [0.15, 0.2) is 0 Å². The molecule has 0 fully saturated rings. The van der Waals surface area contributed by atoms with Crippen LogP contribution in [0.3, 0.4) is 0 Å². The first-order valence-electron chi connectivity index (χ1n) is 4.13. The molecule has 1 heterocycles. The highest BCUT2D eigenvalue weighted by Crippen LogP contribution is 2.08. The van der Waals surface area contributed by atoms with Crippen molar-refractivity contribution in [2.24, 2.45) is 12.8 Å².